The first-order chi connectivity index (χ1) is 13.4. The molecule has 2 heterocycles. The Bertz CT molecular complexity index is 949. The molecule has 0 fully saturated rings. The minimum Gasteiger partial charge on any atom is -0.338 e. The third-order valence-corrected chi connectivity index (χ3v) is 6.40. The first-order valence-corrected chi connectivity index (χ1v) is 10.4. The van der Waals surface area contributed by atoms with Gasteiger partial charge in [0.15, 0.2) is 5.69 Å². The molecule has 0 spiro atoms. The van der Waals surface area contributed by atoms with Gasteiger partial charge in [0.2, 0.25) is 0 Å². The molecule has 0 radical (unpaired) electrons. The molecule has 0 bridgehead atoms. The molecule has 7 nitrogen and oxygen atoms in total. The molecule has 28 heavy (non-hydrogen) atoms. The lowest BCUT2D eigenvalue weighted by molar-refractivity contribution is 0.0766. The molecule has 0 saturated carbocycles. The van der Waals surface area contributed by atoms with E-state index >= 15 is 0 Å². The molecule has 1 N–H and O–H groups in total. The monoisotopic (exact) mass is 399 g/mol. The van der Waals surface area contributed by atoms with Gasteiger partial charge in [-0.3, -0.25) is 14.3 Å². The van der Waals surface area contributed by atoms with Gasteiger partial charge in [-0.25, -0.2) is 0 Å². The van der Waals surface area contributed by atoms with Gasteiger partial charge >= 0.3 is 0 Å². The van der Waals surface area contributed by atoms with Crippen LogP contribution < -0.4 is 5.32 Å². The first-order valence-electron chi connectivity index (χ1n) is 9.58. The predicted octanol–water partition coefficient (Wildman–Crippen LogP) is 3.21. The summed E-state index contributed by atoms with van der Waals surface area (Å²) in [4.78, 5) is 28.2. The maximum absolute atomic E-state index is 12.8. The molecule has 2 amide bonds. The lowest BCUT2D eigenvalue weighted by Gasteiger charge is -2.17. The number of anilines is 1. The molecule has 148 valence electrons. The van der Waals surface area contributed by atoms with Gasteiger partial charge in [-0.1, -0.05) is 6.92 Å². The smallest absolute Gasteiger partial charge is 0.274 e. The number of thiophene rings is 1. The van der Waals surface area contributed by atoms with Crippen molar-refractivity contribution in [1.82, 2.24) is 14.7 Å². The van der Waals surface area contributed by atoms with Gasteiger partial charge in [0.05, 0.1) is 5.56 Å². The van der Waals surface area contributed by atoms with E-state index in [1.807, 2.05) is 13.8 Å². The number of nitrogens with one attached hydrogen (secondary N) is 1. The second-order valence-corrected chi connectivity index (χ2v) is 8.24. The van der Waals surface area contributed by atoms with Crippen molar-refractivity contribution in [1.29, 1.82) is 5.26 Å². The standard InChI is InChI=1S/C20H25N5O2S/c1-5-25(6-2)20(27)15-10-16(24(4)23-15)18(26)22-19-14(11-21)13-8-7-12(3)9-17(13)28-19/h10,12H,5-9H2,1-4H3,(H,22,26)/t12-/m1/s1. The van der Waals surface area contributed by atoms with Crippen LogP contribution in [-0.4, -0.2) is 39.6 Å². The largest absolute Gasteiger partial charge is 0.338 e. The minimum absolute atomic E-state index is 0.196. The zero-order valence-corrected chi connectivity index (χ0v) is 17.5. The minimum atomic E-state index is -0.364. The number of hydrogen-bond donors (Lipinski definition) is 1. The van der Waals surface area contributed by atoms with Crippen LogP contribution in [0.1, 0.15) is 64.2 Å². The zero-order chi connectivity index (χ0) is 20.4. The van der Waals surface area contributed by atoms with Crippen LogP contribution in [0.15, 0.2) is 6.07 Å². The van der Waals surface area contributed by atoms with Gasteiger partial charge in [-0.2, -0.15) is 10.4 Å². The normalized spacial score (nSPS) is 15.6. The van der Waals surface area contributed by atoms with Crippen molar-refractivity contribution >= 4 is 28.2 Å². The molecule has 1 aliphatic rings. The number of carbonyl (C=O) groups excluding carboxylic acids is 2. The molecular weight excluding hydrogens is 374 g/mol. The highest BCUT2D eigenvalue weighted by molar-refractivity contribution is 7.16. The highest BCUT2D eigenvalue weighted by atomic mass is 32.1. The van der Waals surface area contributed by atoms with Crippen LogP contribution in [0.2, 0.25) is 0 Å². The van der Waals surface area contributed by atoms with Gasteiger partial charge in [-0.15, -0.1) is 11.3 Å². The molecule has 2 aromatic rings. The van der Waals surface area contributed by atoms with Crippen molar-refractivity contribution in [2.75, 3.05) is 18.4 Å². The third kappa shape index (κ3) is 3.67. The van der Waals surface area contributed by atoms with Crippen molar-refractivity contribution in [3.63, 3.8) is 0 Å². The number of amides is 2. The summed E-state index contributed by atoms with van der Waals surface area (Å²) in [6.07, 6.45) is 2.88. The average Bonchev–Trinajstić information content (AvgIpc) is 3.21. The van der Waals surface area contributed by atoms with Crippen molar-refractivity contribution in [3.05, 3.63) is 33.5 Å². The predicted molar refractivity (Wildman–Crippen MR) is 109 cm³/mol. The van der Waals surface area contributed by atoms with Crippen LogP contribution >= 0.6 is 11.3 Å². The number of nitriles is 1. The summed E-state index contributed by atoms with van der Waals surface area (Å²) in [6.45, 7) is 7.18. The van der Waals surface area contributed by atoms with Crippen molar-refractivity contribution in [2.24, 2.45) is 13.0 Å². The molecule has 2 aromatic heterocycles. The zero-order valence-electron chi connectivity index (χ0n) is 16.7. The molecular formula is C20H25N5O2S. The maximum Gasteiger partial charge on any atom is 0.274 e. The van der Waals surface area contributed by atoms with E-state index in [2.05, 4.69) is 23.4 Å². The molecule has 3 rings (SSSR count). The number of rotatable bonds is 5. The van der Waals surface area contributed by atoms with Gasteiger partial charge in [0.1, 0.15) is 16.8 Å². The Labute approximate surface area is 168 Å². The van der Waals surface area contributed by atoms with E-state index in [1.165, 1.54) is 27.0 Å². The number of fused-ring (bicyclic) bond motifs is 1. The quantitative estimate of drug-likeness (QED) is 0.836. The molecule has 0 saturated heterocycles. The van der Waals surface area contributed by atoms with E-state index < -0.39 is 0 Å². The fourth-order valence-electron chi connectivity index (χ4n) is 3.58. The van der Waals surface area contributed by atoms with E-state index in [0.717, 1.165) is 24.8 Å². The van der Waals surface area contributed by atoms with Gasteiger partial charge in [-0.05, 0) is 44.6 Å². The summed E-state index contributed by atoms with van der Waals surface area (Å²) in [6, 6.07) is 3.77. The summed E-state index contributed by atoms with van der Waals surface area (Å²) >= 11 is 1.49. The number of hydrogen-bond acceptors (Lipinski definition) is 5. The third-order valence-electron chi connectivity index (χ3n) is 5.23. The summed E-state index contributed by atoms with van der Waals surface area (Å²) in [5.41, 5.74) is 2.18. The van der Waals surface area contributed by atoms with Crippen molar-refractivity contribution < 1.29 is 9.59 Å². The Balaban J connectivity index is 1.85. The Morgan fingerprint density at radius 1 is 1.43 bits per heavy atom. The lowest BCUT2D eigenvalue weighted by Crippen LogP contribution is -2.30. The van der Waals surface area contributed by atoms with Gasteiger partial charge < -0.3 is 10.2 Å². The summed E-state index contributed by atoms with van der Waals surface area (Å²) in [5, 5.41) is 17.3. The van der Waals surface area contributed by atoms with E-state index in [0.29, 0.717) is 35.3 Å². The van der Waals surface area contributed by atoms with E-state index in [4.69, 9.17) is 0 Å². The van der Waals surface area contributed by atoms with Gasteiger partial charge in [0.25, 0.3) is 11.8 Å². The molecule has 0 aromatic carbocycles. The maximum atomic E-state index is 12.8. The van der Waals surface area contributed by atoms with E-state index in [1.54, 1.807) is 11.9 Å². The molecule has 1 atom stereocenters. The Hall–Kier alpha value is -2.66. The Kier molecular flexibility index (Phi) is 5.84. The topological polar surface area (TPSA) is 91.0 Å². The van der Waals surface area contributed by atoms with Gasteiger partial charge in [0, 0.05) is 31.1 Å². The Morgan fingerprint density at radius 2 is 2.14 bits per heavy atom. The van der Waals surface area contributed by atoms with Crippen molar-refractivity contribution in [3.8, 4) is 6.07 Å². The Morgan fingerprint density at radius 3 is 2.79 bits per heavy atom. The number of nitrogens with zero attached hydrogens (tertiary/aromatic N) is 4. The second kappa shape index (κ2) is 8.15. The summed E-state index contributed by atoms with van der Waals surface area (Å²) < 4.78 is 1.41. The highest BCUT2D eigenvalue weighted by Crippen LogP contribution is 2.39. The number of aromatic nitrogens is 2. The van der Waals surface area contributed by atoms with E-state index in [-0.39, 0.29) is 17.5 Å². The van der Waals surface area contributed by atoms with Crippen molar-refractivity contribution in [2.45, 2.75) is 40.0 Å². The first kappa shape index (κ1) is 20.1. The van der Waals surface area contributed by atoms with Crippen LogP contribution in [0, 0.1) is 17.2 Å². The number of carbonyl (C=O) groups is 2. The van der Waals surface area contributed by atoms with Crippen LogP contribution in [0.25, 0.3) is 0 Å². The van der Waals surface area contributed by atoms with Crippen LogP contribution in [0.4, 0.5) is 5.00 Å². The molecule has 0 unspecified atom stereocenters. The molecule has 0 aliphatic heterocycles. The van der Waals surface area contributed by atoms with Crippen LogP contribution in [-0.2, 0) is 19.9 Å². The SMILES string of the molecule is CCN(CC)C(=O)c1cc(C(=O)Nc2sc3c(c2C#N)CC[C@@H](C)C3)n(C)n1. The number of aryl methyl sites for hydroxylation is 1. The molecule has 1 aliphatic carbocycles. The van der Waals surface area contributed by atoms with E-state index in [9.17, 15) is 14.9 Å². The fourth-order valence-corrected chi connectivity index (χ4v) is 4.94. The second-order valence-electron chi connectivity index (χ2n) is 7.14. The summed E-state index contributed by atoms with van der Waals surface area (Å²) in [7, 11) is 1.64. The fraction of sp³-hybridized carbons (Fsp3) is 0.500. The summed E-state index contributed by atoms with van der Waals surface area (Å²) in [5.74, 6) is 0.0293. The van der Waals surface area contributed by atoms with Crippen LogP contribution in [0.3, 0.4) is 0 Å². The average molecular weight is 400 g/mol. The van der Waals surface area contributed by atoms with Crippen LogP contribution in [0.5, 0.6) is 0 Å². The lowest BCUT2D eigenvalue weighted by atomic mass is 9.89. The highest BCUT2D eigenvalue weighted by Gasteiger charge is 2.26. The molecule has 8 heteroatoms.